The third kappa shape index (κ3) is 4.66. The van der Waals surface area contributed by atoms with Crippen molar-refractivity contribution in [2.24, 2.45) is 0 Å². The minimum absolute atomic E-state index is 0.0944. The molecular formula is C24H24F2N6O2. The molecule has 2 heterocycles. The summed E-state index contributed by atoms with van der Waals surface area (Å²) in [6.07, 6.45) is 0.625. The van der Waals surface area contributed by atoms with Gasteiger partial charge in [0.05, 0.1) is 5.69 Å². The van der Waals surface area contributed by atoms with Crippen LogP contribution in [0.5, 0.6) is 0 Å². The maximum absolute atomic E-state index is 14.7. The first-order valence-corrected chi connectivity index (χ1v) is 10.8. The van der Waals surface area contributed by atoms with Gasteiger partial charge < -0.3 is 20.9 Å². The lowest BCUT2D eigenvalue weighted by Gasteiger charge is -2.34. The molecule has 1 aliphatic heterocycles. The van der Waals surface area contributed by atoms with Gasteiger partial charge in [-0.15, -0.1) is 0 Å². The maximum Gasteiger partial charge on any atom is 0.255 e. The second kappa shape index (κ2) is 9.42. The van der Waals surface area contributed by atoms with Crippen LogP contribution in [0, 0.1) is 18.6 Å². The van der Waals surface area contributed by atoms with Gasteiger partial charge in [0.15, 0.2) is 5.82 Å². The highest BCUT2D eigenvalue weighted by Gasteiger charge is 2.32. The molecule has 0 aliphatic carbocycles. The molecule has 2 aromatic carbocycles. The lowest BCUT2D eigenvalue weighted by molar-refractivity contribution is -0.117. The largest absolute Gasteiger partial charge is 0.350 e. The van der Waals surface area contributed by atoms with E-state index >= 15 is 0 Å². The number of nitrogens with one attached hydrogen (secondary N) is 3. The highest BCUT2D eigenvalue weighted by molar-refractivity contribution is 6.04. The van der Waals surface area contributed by atoms with E-state index in [-0.39, 0.29) is 24.1 Å². The van der Waals surface area contributed by atoms with E-state index in [4.69, 9.17) is 0 Å². The fraction of sp³-hybridized carbons (Fsp3) is 0.250. The minimum Gasteiger partial charge on any atom is -0.350 e. The van der Waals surface area contributed by atoms with Gasteiger partial charge in [-0.05, 0) is 49.7 Å². The minimum atomic E-state index is -0.565. The first-order chi connectivity index (χ1) is 16.3. The Morgan fingerprint density at radius 1 is 1.15 bits per heavy atom. The summed E-state index contributed by atoms with van der Waals surface area (Å²) in [7, 11) is 1.80. The predicted octanol–water partition coefficient (Wildman–Crippen LogP) is 4.09. The molecule has 1 aromatic heterocycles. The summed E-state index contributed by atoms with van der Waals surface area (Å²) < 4.78 is 27.7. The Labute approximate surface area is 195 Å². The zero-order valence-electron chi connectivity index (χ0n) is 18.9. The standard InChI is InChI=1S/C24H24F2N6O2/c1-4-19-23(34)30-20-13(2)28-24(31-21(20)32(19)3)27-12-15-6-5-14(11-18(15)26)22(33)29-17-9-7-16(25)8-10-17/h5-11,19H,4,12H2,1-3H3,(H,29,33)(H,30,34)(H,27,28,31). The topological polar surface area (TPSA) is 99.2 Å². The van der Waals surface area contributed by atoms with E-state index in [0.29, 0.717) is 40.8 Å². The quantitative estimate of drug-likeness (QED) is 0.506. The molecule has 4 rings (SSSR count). The number of aromatic nitrogens is 2. The fourth-order valence-electron chi connectivity index (χ4n) is 3.77. The van der Waals surface area contributed by atoms with Crippen molar-refractivity contribution < 1.29 is 18.4 Å². The van der Waals surface area contributed by atoms with Crippen molar-refractivity contribution in [3.05, 3.63) is 70.9 Å². The molecule has 2 amide bonds. The van der Waals surface area contributed by atoms with Crippen molar-refractivity contribution in [2.75, 3.05) is 27.9 Å². The number of benzene rings is 2. The average Bonchev–Trinajstić information content (AvgIpc) is 2.81. The Bertz CT molecular complexity index is 1250. The lowest BCUT2D eigenvalue weighted by Crippen LogP contribution is -2.46. The Hall–Kier alpha value is -4.08. The highest BCUT2D eigenvalue weighted by Crippen LogP contribution is 2.33. The van der Waals surface area contributed by atoms with Gasteiger partial charge >= 0.3 is 0 Å². The van der Waals surface area contributed by atoms with Gasteiger partial charge in [0, 0.05) is 30.4 Å². The molecule has 0 saturated carbocycles. The van der Waals surface area contributed by atoms with Crippen molar-refractivity contribution in [3.63, 3.8) is 0 Å². The number of aryl methyl sites for hydroxylation is 1. The first kappa shape index (κ1) is 23.1. The summed E-state index contributed by atoms with van der Waals surface area (Å²) in [4.78, 5) is 35.3. The molecule has 0 spiro atoms. The molecule has 3 N–H and O–H groups in total. The summed E-state index contributed by atoms with van der Waals surface area (Å²) in [5.74, 6) is -0.698. The molecule has 176 valence electrons. The zero-order chi connectivity index (χ0) is 24.4. The van der Waals surface area contributed by atoms with Crippen LogP contribution in [-0.2, 0) is 11.3 Å². The molecule has 0 bridgehead atoms. The predicted molar refractivity (Wildman–Crippen MR) is 126 cm³/mol. The van der Waals surface area contributed by atoms with Crippen molar-refractivity contribution >= 4 is 35.0 Å². The number of hydrogen-bond donors (Lipinski definition) is 3. The molecule has 1 unspecified atom stereocenters. The number of likely N-dealkylation sites (N-methyl/N-ethyl adjacent to an activating group) is 1. The van der Waals surface area contributed by atoms with E-state index in [0.717, 1.165) is 6.07 Å². The van der Waals surface area contributed by atoms with Crippen molar-refractivity contribution in [3.8, 4) is 0 Å². The smallest absolute Gasteiger partial charge is 0.255 e. The van der Waals surface area contributed by atoms with Crippen LogP contribution in [0.15, 0.2) is 42.5 Å². The van der Waals surface area contributed by atoms with Crippen LogP contribution >= 0.6 is 0 Å². The van der Waals surface area contributed by atoms with Gasteiger partial charge in [-0.25, -0.2) is 13.8 Å². The monoisotopic (exact) mass is 466 g/mol. The summed E-state index contributed by atoms with van der Waals surface area (Å²) in [5.41, 5.74) is 2.02. The molecule has 0 saturated heterocycles. The first-order valence-electron chi connectivity index (χ1n) is 10.8. The number of anilines is 4. The summed E-state index contributed by atoms with van der Waals surface area (Å²) >= 11 is 0. The van der Waals surface area contributed by atoms with Crippen LogP contribution in [0.25, 0.3) is 0 Å². The van der Waals surface area contributed by atoms with Gasteiger partial charge in [-0.1, -0.05) is 13.0 Å². The highest BCUT2D eigenvalue weighted by atomic mass is 19.1. The molecule has 34 heavy (non-hydrogen) atoms. The Balaban J connectivity index is 1.46. The van der Waals surface area contributed by atoms with E-state index < -0.39 is 17.5 Å². The van der Waals surface area contributed by atoms with Gasteiger partial charge in [0.1, 0.15) is 23.4 Å². The van der Waals surface area contributed by atoms with Crippen LogP contribution in [0.2, 0.25) is 0 Å². The number of amides is 2. The fourth-order valence-corrected chi connectivity index (χ4v) is 3.77. The summed E-state index contributed by atoms with van der Waals surface area (Å²) in [5, 5.41) is 8.47. The molecule has 1 aliphatic rings. The van der Waals surface area contributed by atoms with Crippen LogP contribution < -0.4 is 20.9 Å². The van der Waals surface area contributed by atoms with Crippen LogP contribution in [-0.4, -0.2) is 34.9 Å². The van der Waals surface area contributed by atoms with Crippen LogP contribution in [0.3, 0.4) is 0 Å². The van der Waals surface area contributed by atoms with Gasteiger partial charge in [0.2, 0.25) is 11.9 Å². The maximum atomic E-state index is 14.7. The van der Waals surface area contributed by atoms with Crippen molar-refractivity contribution in [1.82, 2.24) is 9.97 Å². The third-order valence-corrected chi connectivity index (χ3v) is 5.66. The molecule has 3 aromatic rings. The number of nitrogens with zero attached hydrogens (tertiary/aromatic N) is 3. The third-order valence-electron chi connectivity index (χ3n) is 5.66. The summed E-state index contributed by atoms with van der Waals surface area (Å²) in [6, 6.07) is 9.12. The Kier molecular flexibility index (Phi) is 6.40. The zero-order valence-corrected chi connectivity index (χ0v) is 18.9. The van der Waals surface area contributed by atoms with Crippen LogP contribution in [0.1, 0.15) is 35.0 Å². The average molecular weight is 466 g/mol. The number of halogens is 2. The van der Waals surface area contributed by atoms with Gasteiger partial charge in [0.25, 0.3) is 5.91 Å². The van der Waals surface area contributed by atoms with E-state index in [1.165, 1.54) is 36.4 Å². The Morgan fingerprint density at radius 3 is 2.56 bits per heavy atom. The van der Waals surface area contributed by atoms with E-state index in [2.05, 4.69) is 25.9 Å². The second-order valence-electron chi connectivity index (χ2n) is 7.98. The molecular weight excluding hydrogens is 442 g/mol. The molecule has 8 nitrogen and oxygen atoms in total. The molecule has 0 radical (unpaired) electrons. The van der Waals surface area contributed by atoms with E-state index in [1.807, 2.05) is 11.8 Å². The molecule has 0 fully saturated rings. The van der Waals surface area contributed by atoms with Crippen LogP contribution in [0.4, 0.5) is 31.9 Å². The van der Waals surface area contributed by atoms with Crippen molar-refractivity contribution in [1.29, 1.82) is 0 Å². The number of fused-ring (bicyclic) bond motifs is 1. The van der Waals surface area contributed by atoms with E-state index in [9.17, 15) is 18.4 Å². The number of carbonyl (C=O) groups is 2. The lowest BCUT2D eigenvalue weighted by atomic mass is 10.1. The molecule has 10 heteroatoms. The number of carbonyl (C=O) groups excluding carboxylic acids is 2. The number of hydrogen-bond acceptors (Lipinski definition) is 6. The normalized spacial score (nSPS) is 14.9. The number of rotatable bonds is 6. The molecule has 1 atom stereocenters. The summed E-state index contributed by atoms with van der Waals surface area (Å²) in [6.45, 7) is 3.78. The van der Waals surface area contributed by atoms with E-state index in [1.54, 1.807) is 14.0 Å². The Morgan fingerprint density at radius 2 is 1.88 bits per heavy atom. The van der Waals surface area contributed by atoms with Crippen molar-refractivity contribution in [2.45, 2.75) is 32.9 Å². The van der Waals surface area contributed by atoms with Gasteiger partial charge in [-0.2, -0.15) is 4.98 Å². The second-order valence-corrected chi connectivity index (χ2v) is 7.98. The van der Waals surface area contributed by atoms with Gasteiger partial charge in [-0.3, -0.25) is 9.59 Å². The SMILES string of the molecule is CCC1C(=O)Nc2c(C)nc(NCc3ccc(C(=O)Nc4ccc(F)cc4)cc3F)nc2N1C.